The van der Waals surface area contributed by atoms with Gasteiger partial charge in [-0.2, -0.15) is 5.10 Å². The predicted octanol–water partition coefficient (Wildman–Crippen LogP) is 2.37. The van der Waals surface area contributed by atoms with Crippen molar-refractivity contribution in [2.45, 2.75) is 38.1 Å². The van der Waals surface area contributed by atoms with Gasteiger partial charge in [0.1, 0.15) is 0 Å². The summed E-state index contributed by atoms with van der Waals surface area (Å²) in [5.41, 5.74) is 1.63. The summed E-state index contributed by atoms with van der Waals surface area (Å²) in [6, 6.07) is 6.57. The van der Waals surface area contributed by atoms with Gasteiger partial charge in [0.25, 0.3) is 12.4 Å². The summed E-state index contributed by atoms with van der Waals surface area (Å²) in [7, 11) is 2.26. The van der Waals surface area contributed by atoms with Crippen LogP contribution in [0.5, 0.6) is 0 Å². The summed E-state index contributed by atoms with van der Waals surface area (Å²) in [4.78, 5) is 25.8. The van der Waals surface area contributed by atoms with E-state index in [2.05, 4.69) is 17.0 Å². The Hall–Kier alpha value is -2.41. The molecule has 1 atom stereocenters. The van der Waals surface area contributed by atoms with Gasteiger partial charge in [-0.25, -0.2) is 4.52 Å². The lowest BCUT2D eigenvalue weighted by Crippen LogP contribution is -2.47. The summed E-state index contributed by atoms with van der Waals surface area (Å²) >= 11 is 0. The molecule has 2 fully saturated rings. The third kappa shape index (κ3) is 4.30. The highest BCUT2D eigenvalue weighted by Crippen LogP contribution is 2.30. The molecule has 2 aliphatic rings. The maximum absolute atomic E-state index is 12.9. The average Bonchev–Trinajstić information content (AvgIpc) is 3.13. The lowest BCUT2D eigenvalue weighted by molar-refractivity contribution is -0.122. The van der Waals surface area contributed by atoms with Crippen LogP contribution >= 0.6 is 0 Å². The molecule has 0 bridgehead atoms. The second-order valence-electron chi connectivity index (χ2n) is 7.37. The molecule has 0 aromatic carbocycles. The van der Waals surface area contributed by atoms with E-state index in [-0.39, 0.29) is 12.4 Å². The van der Waals surface area contributed by atoms with Crippen LogP contribution in [0.3, 0.4) is 0 Å². The van der Waals surface area contributed by atoms with Gasteiger partial charge < -0.3 is 14.9 Å². The molecule has 1 amide bonds. The van der Waals surface area contributed by atoms with E-state index in [1.807, 2.05) is 29.3 Å². The van der Waals surface area contributed by atoms with Crippen molar-refractivity contribution in [1.29, 1.82) is 0 Å². The topological polar surface area (TPSA) is 78.1 Å². The number of carbonyl (C=O) groups is 2. The van der Waals surface area contributed by atoms with Crippen molar-refractivity contribution in [3.8, 4) is 0 Å². The zero-order valence-electron chi connectivity index (χ0n) is 15.8. The van der Waals surface area contributed by atoms with Crippen molar-refractivity contribution in [2.24, 2.45) is 5.92 Å². The van der Waals surface area contributed by atoms with Gasteiger partial charge in [-0.1, -0.05) is 12.5 Å². The number of piperidine rings is 2. The van der Waals surface area contributed by atoms with Crippen LogP contribution in [-0.2, 0) is 4.79 Å². The fourth-order valence-electron chi connectivity index (χ4n) is 4.45. The number of pyridine rings is 1. The van der Waals surface area contributed by atoms with Gasteiger partial charge in [0.15, 0.2) is 0 Å². The third-order valence-corrected chi connectivity index (χ3v) is 5.85. The summed E-state index contributed by atoms with van der Waals surface area (Å²) < 4.78 is 1.77. The Bertz CT molecular complexity index is 767. The molecule has 0 spiro atoms. The van der Waals surface area contributed by atoms with E-state index in [1.165, 1.54) is 25.8 Å². The minimum Gasteiger partial charge on any atom is -0.483 e. The highest BCUT2D eigenvalue weighted by atomic mass is 16.3. The first kappa shape index (κ1) is 19.4. The first-order chi connectivity index (χ1) is 13.2. The highest BCUT2D eigenvalue weighted by Gasteiger charge is 2.32. The van der Waals surface area contributed by atoms with Crippen LogP contribution in [0.25, 0.3) is 5.52 Å². The molecular weight excluding hydrogens is 344 g/mol. The molecule has 0 saturated carbocycles. The number of amides is 1. The number of hydrogen-bond acceptors (Lipinski definition) is 4. The first-order valence-corrected chi connectivity index (χ1v) is 9.65. The monoisotopic (exact) mass is 372 g/mol. The van der Waals surface area contributed by atoms with Gasteiger partial charge >= 0.3 is 0 Å². The second kappa shape index (κ2) is 8.99. The van der Waals surface area contributed by atoms with E-state index in [4.69, 9.17) is 9.90 Å². The zero-order valence-corrected chi connectivity index (χ0v) is 15.8. The molecule has 2 saturated heterocycles. The van der Waals surface area contributed by atoms with Crippen molar-refractivity contribution in [2.75, 3.05) is 26.7 Å². The second-order valence-corrected chi connectivity index (χ2v) is 7.37. The molecule has 2 aromatic rings. The van der Waals surface area contributed by atoms with Crippen LogP contribution < -0.4 is 0 Å². The van der Waals surface area contributed by atoms with Crippen LogP contribution in [0.1, 0.15) is 42.5 Å². The molecule has 0 radical (unpaired) electrons. The Kier molecular flexibility index (Phi) is 6.45. The number of aromatic nitrogens is 2. The molecule has 4 rings (SSSR count). The average molecular weight is 372 g/mol. The number of rotatable bonds is 2. The van der Waals surface area contributed by atoms with E-state index >= 15 is 0 Å². The molecule has 1 unspecified atom stereocenters. The molecule has 7 nitrogen and oxygen atoms in total. The van der Waals surface area contributed by atoms with Crippen molar-refractivity contribution < 1.29 is 14.7 Å². The SMILES string of the molecule is CN1CCCCC1C1CCN(C(=O)c2cnn3ccccc23)CC1.O=CO. The van der Waals surface area contributed by atoms with Gasteiger partial charge in [-0.05, 0) is 57.3 Å². The van der Waals surface area contributed by atoms with Crippen LogP contribution in [-0.4, -0.2) is 69.6 Å². The van der Waals surface area contributed by atoms with Crippen molar-refractivity contribution >= 4 is 17.9 Å². The molecular formula is C20H28N4O3. The molecule has 146 valence electrons. The molecule has 4 heterocycles. The molecule has 7 heteroatoms. The minimum absolute atomic E-state index is 0.131. The smallest absolute Gasteiger partial charge is 0.290 e. The first-order valence-electron chi connectivity index (χ1n) is 9.65. The van der Waals surface area contributed by atoms with Crippen LogP contribution in [0.4, 0.5) is 0 Å². The number of likely N-dealkylation sites (tertiary alicyclic amines) is 2. The van der Waals surface area contributed by atoms with Crippen LogP contribution in [0, 0.1) is 5.92 Å². The van der Waals surface area contributed by atoms with E-state index in [9.17, 15) is 4.79 Å². The van der Waals surface area contributed by atoms with Crippen molar-refractivity contribution in [1.82, 2.24) is 19.4 Å². The quantitative estimate of drug-likeness (QED) is 0.819. The van der Waals surface area contributed by atoms with E-state index < -0.39 is 0 Å². The summed E-state index contributed by atoms with van der Waals surface area (Å²) in [5, 5.41) is 11.2. The van der Waals surface area contributed by atoms with E-state index in [1.54, 1.807) is 10.7 Å². The maximum atomic E-state index is 12.9. The molecule has 2 aliphatic heterocycles. The Morgan fingerprint density at radius 1 is 1.19 bits per heavy atom. The molecule has 2 aromatic heterocycles. The standard InChI is InChI=1S/C19H26N4O.CH2O2/c1-21-10-4-2-6-17(21)15-8-12-22(13-9-15)19(24)16-14-20-23-11-5-3-7-18(16)23;2-1-3/h3,5,7,11,14-15,17H,2,4,6,8-10,12-13H2,1H3;1H,(H,2,3). The van der Waals surface area contributed by atoms with Crippen molar-refractivity contribution in [3.63, 3.8) is 0 Å². The number of fused-ring (bicyclic) bond motifs is 1. The minimum atomic E-state index is -0.250. The lowest BCUT2D eigenvalue weighted by Gasteiger charge is -2.42. The molecule has 0 aliphatic carbocycles. The van der Waals surface area contributed by atoms with Gasteiger partial charge in [-0.3, -0.25) is 9.59 Å². The molecule has 1 N–H and O–H groups in total. The Morgan fingerprint density at radius 2 is 1.93 bits per heavy atom. The fraction of sp³-hybridized carbons (Fsp3) is 0.550. The number of carboxylic acid groups (broad SMARTS) is 1. The van der Waals surface area contributed by atoms with Crippen LogP contribution in [0.2, 0.25) is 0 Å². The van der Waals surface area contributed by atoms with Gasteiger partial charge in [0.05, 0.1) is 17.3 Å². The largest absolute Gasteiger partial charge is 0.483 e. The Labute approximate surface area is 159 Å². The Balaban J connectivity index is 0.000000659. The van der Waals surface area contributed by atoms with E-state index in [0.29, 0.717) is 6.04 Å². The Morgan fingerprint density at radius 3 is 2.63 bits per heavy atom. The summed E-state index contributed by atoms with van der Waals surface area (Å²) in [5.74, 6) is 0.870. The fourth-order valence-corrected chi connectivity index (χ4v) is 4.45. The van der Waals surface area contributed by atoms with Crippen molar-refractivity contribution in [3.05, 3.63) is 36.2 Å². The summed E-state index contributed by atoms with van der Waals surface area (Å²) in [6.07, 6.45) is 9.86. The number of carbonyl (C=O) groups excluding carboxylic acids is 1. The van der Waals surface area contributed by atoms with Crippen LogP contribution in [0.15, 0.2) is 30.6 Å². The van der Waals surface area contributed by atoms with E-state index in [0.717, 1.165) is 42.9 Å². The third-order valence-electron chi connectivity index (χ3n) is 5.85. The lowest BCUT2D eigenvalue weighted by atomic mass is 9.84. The zero-order chi connectivity index (χ0) is 19.2. The maximum Gasteiger partial charge on any atom is 0.290 e. The highest BCUT2D eigenvalue weighted by molar-refractivity contribution is 6.00. The summed E-state index contributed by atoms with van der Waals surface area (Å²) in [6.45, 7) is 2.72. The van der Waals surface area contributed by atoms with Gasteiger partial charge in [0, 0.05) is 25.3 Å². The van der Waals surface area contributed by atoms with Gasteiger partial charge in [0.2, 0.25) is 0 Å². The number of hydrogen-bond donors (Lipinski definition) is 1. The number of nitrogens with zero attached hydrogens (tertiary/aromatic N) is 4. The normalized spacial score (nSPS) is 21.5. The molecule has 27 heavy (non-hydrogen) atoms. The predicted molar refractivity (Wildman–Crippen MR) is 103 cm³/mol. The van der Waals surface area contributed by atoms with Gasteiger partial charge in [-0.15, -0.1) is 0 Å².